The van der Waals surface area contributed by atoms with Crippen molar-refractivity contribution in [3.05, 3.63) is 0 Å². The molecule has 1 saturated heterocycles. The van der Waals surface area contributed by atoms with Gasteiger partial charge >= 0.3 is 5.97 Å². The first-order valence-corrected chi connectivity index (χ1v) is 7.25. The average molecular weight is 254 g/mol. The van der Waals surface area contributed by atoms with Gasteiger partial charge in [-0.3, -0.25) is 4.79 Å². The zero-order valence-corrected chi connectivity index (χ0v) is 11.7. The smallest absolute Gasteiger partial charge is 0.324 e. The Morgan fingerprint density at radius 3 is 2.78 bits per heavy atom. The highest BCUT2D eigenvalue weighted by molar-refractivity contribution is 5.76. The first-order chi connectivity index (χ1) is 8.69. The van der Waals surface area contributed by atoms with Gasteiger partial charge in [0.05, 0.1) is 7.11 Å². The van der Waals surface area contributed by atoms with E-state index in [1.54, 1.807) is 0 Å². The molecule has 2 rings (SSSR count). The van der Waals surface area contributed by atoms with Crippen LogP contribution in [0.3, 0.4) is 0 Å². The fourth-order valence-corrected chi connectivity index (χ4v) is 2.64. The molecule has 2 unspecified atom stereocenters. The molecule has 2 aliphatic rings. The van der Waals surface area contributed by atoms with Crippen molar-refractivity contribution in [2.45, 2.75) is 51.1 Å². The second-order valence-electron chi connectivity index (χ2n) is 5.85. The van der Waals surface area contributed by atoms with Gasteiger partial charge in [0.1, 0.15) is 6.04 Å². The van der Waals surface area contributed by atoms with Crippen LogP contribution in [0.4, 0.5) is 0 Å². The second-order valence-corrected chi connectivity index (χ2v) is 5.85. The summed E-state index contributed by atoms with van der Waals surface area (Å²) in [6, 6.07) is 0.399. The lowest BCUT2D eigenvalue weighted by molar-refractivity contribution is -0.143. The molecular formula is C14H26N2O2. The number of nitrogens with one attached hydrogen (secondary N) is 1. The number of carbonyl (C=O) groups is 1. The van der Waals surface area contributed by atoms with E-state index in [0.29, 0.717) is 6.04 Å². The second kappa shape index (κ2) is 6.53. The lowest BCUT2D eigenvalue weighted by Gasteiger charge is -2.25. The largest absolute Gasteiger partial charge is 0.468 e. The monoisotopic (exact) mass is 254 g/mol. The van der Waals surface area contributed by atoms with E-state index in [-0.39, 0.29) is 12.0 Å². The molecule has 0 bridgehead atoms. The summed E-state index contributed by atoms with van der Waals surface area (Å²) in [7, 11) is 1.48. The Morgan fingerprint density at radius 1 is 1.33 bits per heavy atom. The van der Waals surface area contributed by atoms with E-state index >= 15 is 0 Å². The molecule has 1 heterocycles. The SMILES string of the molecule is COC(=O)C(CN1CCCC(C)CC1)NC1CC1. The van der Waals surface area contributed by atoms with Crippen LogP contribution in [0.2, 0.25) is 0 Å². The van der Waals surface area contributed by atoms with E-state index in [2.05, 4.69) is 17.1 Å². The van der Waals surface area contributed by atoms with Gasteiger partial charge in [0, 0.05) is 12.6 Å². The van der Waals surface area contributed by atoms with E-state index in [1.807, 2.05) is 0 Å². The molecule has 2 fully saturated rings. The molecule has 1 aliphatic heterocycles. The highest BCUT2D eigenvalue weighted by atomic mass is 16.5. The maximum atomic E-state index is 11.8. The molecule has 1 saturated carbocycles. The fourth-order valence-electron chi connectivity index (χ4n) is 2.64. The van der Waals surface area contributed by atoms with Crippen LogP contribution in [0, 0.1) is 5.92 Å². The summed E-state index contributed by atoms with van der Waals surface area (Å²) >= 11 is 0. The summed E-state index contributed by atoms with van der Waals surface area (Å²) in [5.74, 6) is 0.710. The fraction of sp³-hybridized carbons (Fsp3) is 0.929. The summed E-state index contributed by atoms with van der Waals surface area (Å²) in [6.07, 6.45) is 6.21. The number of likely N-dealkylation sites (tertiary alicyclic amines) is 1. The molecule has 0 aromatic heterocycles. The van der Waals surface area contributed by atoms with Crippen LogP contribution in [0.15, 0.2) is 0 Å². The summed E-state index contributed by atoms with van der Waals surface area (Å²) in [4.78, 5) is 14.2. The minimum Gasteiger partial charge on any atom is -0.468 e. The van der Waals surface area contributed by atoms with Crippen LogP contribution in [0.5, 0.6) is 0 Å². The van der Waals surface area contributed by atoms with Crippen molar-refractivity contribution in [2.24, 2.45) is 5.92 Å². The molecule has 0 radical (unpaired) electrons. The van der Waals surface area contributed by atoms with E-state index in [9.17, 15) is 4.79 Å². The van der Waals surface area contributed by atoms with Crippen molar-refractivity contribution in [3.63, 3.8) is 0 Å². The van der Waals surface area contributed by atoms with Gasteiger partial charge in [-0.05, 0) is 51.1 Å². The van der Waals surface area contributed by atoms with Gasteiger partial charge in [-0.15, -0.1) is 0 Å². The van der Waals surface area contributed by atoms with Crippen molar-refractivity contribution in [1.29, 1.82) is 0 Å². The molecule has 0 aromatic carbocycles. The Hall–Kier alpha value is -0.610. The third kappa shape index (κ3) is 4.25. The van der Waals surface area contributed by atoms with E-state index in [4.69, 9.17) is 4.74 Å². The van der Waals surface area contributed by atoms with Crippen LogP contribution < -0.4 is 5.32 Å². The molecule has 104 valence electrons. The molecule has 1 aliphatic carbocycles. The van der Waals surface area contributed by atoms with Crippen LogP contribution in [0.1, 0.15) is 39.0 Å². The Kier molecular flexibility index (Phi) is 5.01. The van der Waals surface area contributed by atoms with Crippen LogP contribution >= 0.6 is 0 Å². The van der Waals surface area contributed by atoms with Crippen molar-refractivity contribution in [3.8, 4) is 0 Å². The molecule has 4 heteroatoms. The van der Waals surface area contributed by atoms with Gasteiger partial charge in [-0.2, -0.15) is 0 Å². The van der Waals surface area contributed by atoms with Crippen molar-refractivity contribution in [2.75, 3.05) is 26.7 Å². The summed E-state index contributed by atoms with van der Waals surface area (Å²) in [5.41, 5.74) is 0. The topological polar surface area (TPSA) is 41.6 Å². The minimum absolute atomic E-state index is 0.112. The predicted molar refractivity (Wildman–Crippen MR) is 71.4 cm³/mol. The zero-order valence-electron chi connectivity index (χ0n) is 11.7. The van der Waals surface area contributed by atoms with Gasteiger partial charge in [-0.1, -0.05) is 6.92 Å². The number of ether oxygens (including phenoxy) is 1. The first kappa shape index (κ1) is 13.8. The number of esters is 1. The lowest BCUT2D eigenvalue weighted by atomic mass is 10.0. The average Bonchev–Trinajstić information content (AvgIpc) is 3.17. The molecule has 18 heavy (non-hydrogen) atoms. The van der Waals surface area contributed by atoms with E-state index in [1.165, 1.54) is 39.2 Å². The standard InChI is InChI=1S/C14H26N2O2/c1-11-4-3-8-16(9-7-11)10-13(14(17)18-2)15-12-5-6-12/h11-13,15H,3-10H2,1-2H3. The van der Waals surface area contributed by atoms with Crippen molar-refractivity contribution in [1.82, 2.24) is 10.2 Å². The number of hydrogen-bond acceptors (Lipinski definition) is 4. The van der Waals surface area contributed by atoms with Crippen LogP contribution in [-0.2, 0) is 9.53 Å². The molecule has 0 spiro atoms. The molecular weight excluding hydrogens is 228 g/mol. The molecule has 4 nitrogen and oxygen atoms in total. The number of nitrogens with zero attached hydrogens (tertiary/aromatic N) is 1. The minimum atomic E-state index is -0.143. The van der Waals surface area contributed by atoms with Crippen LogP contribution in [0.25, 0.3) is 0 Å². The predicted octanol–water partition coefficient (Wildman–Crippen LogP) is 1.40. The summed E-state index contributed by atoms with van der Waals surface area (Å²) < 4.78 is 4.91. The van der Waals surface area contributed by atoms with E-state index in [0.717, 1.165) is 25.6 Å². The highest BCUT2D eigenvalue weighted by Gasteiger charge is 2.30. The maximum Gasteiger partial charge on any atom is 0.324 e. The van der Waals surface area contributed by atoms with Crippen molar-refractivity contribution < 1.29 is 9.53 Å². The Balaban J connectivity index is 1.84. The Labute approximate surface area is 110 Å². The van der Waals surface area contributed by atoms with Crippen LogP contribution in [-0.4, -0.2) is 49.7 Å². The van der Waals surface area contributed by atoms with Gasteiger partial charge in [-0.25, -0.2) is 0 Å². The number of hydrogen-bond donors (Lipinski definition) is 1. The molecule has 2 atom stereocenters. The molecule has 0 amide bonds. The molecule has 1 N–H and O–H groups in total. The normalized spacial score (nSPS) is 27.6. The van der Waals surface area contributed by atoms with E-state index < -0.39 is 0 Å². The zero-order chi connectivity index (χ0) is 13.0. The van der Waals surface area contributed by atoms with Gasteiger partial charge in [0.25, 0.3) is 0 Å². The van der Waals surface area contributed by atoms with Crippen molar-refractivity contribution >= 4 is 5.97 Å². The number of carbonyl (C=O) groups excluding carboxylic acids is 1. The van der Waals surface area contributed by atoms with Gasteiger partial charge in [0.15, 0.2) is 0 Å². The molecule has 0 aromatic rings. The summed E-state index contributed by atoms with van der Waals surface area (Å²) in [5, 5.41) is 3.40. The highest BCUT2D eigenvalue weighted by Crippen LogP contribution is 2.21. The number of methoxy groups -OCH3 is 1. The quantitative estimate of drug-likeness (QED) is 0.753. The van der Waals surface area contributed by atoms with Gasteiger partial charge < -0.3 is 15.0 Å². The lowest BCUT2D eigenvalue weighted by Crippen LogP contribution is -2.47. The first-order valence-electron chi connectivity index (χ1n) is 7.25. The third-order valence-corrected chi connectivity index (χ3v) is 4.05. The van der Waals surface area contributed by atoms with Gasteiger partial charge in [0.2, 0.25) is 0 Å². The third-order valence-electron chi connectivity index (χ3n) is 4.05. The maximum absolute atomic E-state index is 11.8. The Bertz CT molecular complexity index is 279. The number of rotatable bonds is 5. The summed E-state index contributed by atoms with van der Waals surface area (Å²) in [6.45, 7) is 5.35. The Morgan fingerprint density at radius 2 is 2.11 bits per heavy atom.